The van der Waals surface area contributed by atoms with Crippen LogP contribution in [0.2, 0.25) is 0 Å². The number of nitrogens with zero attached hydrogens (tertiary/aromatic N) is 1. The summed E-state index contributed by atoms with van der Waals surface area (Å²) in [6.45, 7) is 8.79. The van der Waals surface area contributed by atoms with Gasteiger partial charge in [0.15, 0.2) is 0 Å². The maximum Gasteiger partial charge on any atom is 0.322 e. The smallest absolute Gasteiger partial charge is 0.322 e. The Morgan fingerprint density at radius 3 is 2.67 bits per heavy atom. The summed E-state index contributed by atoms with van der Waals surface area (Å²) in [6.07, 6.45) is 1.51. The van der Waals surface area contributed by atoms with E-state index in [0.717, 1.165) is 6.42 Å². The lowest BCUT2D eigenvalue weighted by Gasteiger charge is -2.28. The summed E-state index contributed by atoms with van der Waals surface area (Å²) in [7, 11) is 0. The summed E-state index contributed by atoms with van der Waals surface area (Å²) < 4.78 is 5.53. The molecule has 0 spiro atoms. The van der Waals surface area contributed by atoms with Crippen molar-refractivity contribution in [2.75, 3.05) is 18.5 Å². The van der Waals surface area contributed by atoms with Gasteiger partial charge < -0.3 is 20.3 Å². The zero-order valence-electron chi connectivity index (χ0n) is 14.9. The second-order valence-corrected chi connectivity index (χ2v) is 6.95. The number of amides is 3. The number of ether oxygens (including phenoxy) is 1. The second-order valence-electron chi connectivity index (χ2n) is 6.95. The monoisotopic (exact) mass is 333 g/mol. The molecule has 1 fully saturated rings. The molecule has 3 amide bonds. The normalized spacial score (nSPS) is 17.5. The van der Waals surface area contributed by atoms with Crippen molar-refractivity contribution in [3.8, 4) is 5.75 Å². The first-order valence-electron chi connectivity index (χ1n) is 8.43. The number of hydrogen-bond donors (Lipinski definition) is 2. The Kier molecular flexibility index (Phi) is 5.70. The molecule has 0 aliphatic carbocycles. The highest BCUT2D eigenvalue weighted by Gasteiger charge is 2.35. The lowest BCUT2D eigenvalue weighted by atomic mass is 10.1. The van der Waals surface area contributed by atoms with Crippen LogP contribution in [-0.4, -0.2) is 41.6 Å². The van der Waals surface area contributed by atoms with Gasteiger partial charge in [-0.1, -0.05) is 12.1 Å². The number of urea groups is 1. The molecule has 1 aliphatic heterocycles. The van der Waals surface area contributed by atoms with Crippen molar-refractivity contribution in [2.45, 2.75) is 52.1 Å². The molecule has 0 saturated carbocycles. The molecule has 2 N–H and O–H groups in total. The van der Waals surface area contributed by atoms with E-state index in [1.165, 1.54) is 0 Å². The molecule has 0 unspecified atom stereocenters. The van der Waals surface area contributed by atoms with E-state index in [1.54, 1.807) is 11.0 Å². The molecule has 2 rings (SSSR count). The molecule has 0 radical (unpaired) electrons. The number of benzene rings is 1. The fourth-order valence-electron chi connectivity index (χ4n) is 2.77. The Balaban J connectivity index is 2.07. The van der Waals surface area contributed by atoms with Crippen molar-refractivity contribution in [1.29, 1.82) is 0 Å². The predicted molar refractivity (Wildman–Crippen MR) is 94.3 cm³/mol. The van der Waals surface area contributed by atoms with Gasteiger partial charge in [-0.05, 0) is 52.7 Å². The predicted octanol–water partition coefficient (Wildman–Crippen LogP) is 3.00. The van der Waals surface area contributed by atoms with Gasteiger partial charge in [0.25, 0.3) is 0 Å². The molecule has 24 heavy (non-hydrogen) atoms. The maximum absolute atomic E-state index is 12.6. The van der Waals surface area contributed by atoms with Gasteiger partial charge in [0.05, 0.1) is 12.3 Å². The van der Waals surface area contributed by atoms with E-state index in [0.29, 0.717) is 31.0 Å². The third kappa shape index (κ3) is 4.63. The quantitative estimate of drug-likeness (QED) is 0.890. The molecule has 1 atom stereocenters. The minimum absolute atomic E-state index is 0.103. The van der Waals surface area contributed by atoms with Crippen molar-refractivity contribution < 1.29 is 14.3 Å². The summed E-state index contributed by atoms with van der Waals surface area (Å²) in [5, 5.41) is 5.82. The Bertz CT molecular complexity index is 595. The van der Waals surface area contributed by atoms with Crippen molar-refractivity contribution in [3.05, 3.63) is 24.3 Å². The fraction of sp³-hybridized carbons (Fsp3) is 0.556. The van der Waals surface area contributed by atoms with Crippen molar-refractivity contribution in [3.63, 3.8) is 0 Å². The maximum atomic E-state index is 12.6. The summed E-state index contributed by atoms with van der Waals surface area (Å²) in [6, 6.07) is 6.61. The van der Waals surface area contributed by atoms with Crippen molar-refractivity contribution in [1.82, 2.24) is 10.2 Å². The van der Waals surface area contributed by atoms with Gasteiger partial charge in [0.2, 0.25) is 5.91 Å². The first-order chi connectivity index (χ1) is 11.3. The molecule has 1 aromatic carbocycles. The number of rotatable bonds is 4. The Morgan fingerprint density at radius 1 is 1.29 bits per heavy atom. The number of anilines is 1. The zero-order chi connectivity index (χ0) is 17.7. The summed E-state index contributed by atoms with van der Waals surface area (Å²) >= 11 is 0. The summed E-state index contributed by atoms with van der Waals surface area (Å²) in [5.41, 5.74) is 0.301. The van der Waals surface area contributed by atoms with Crippen LogP contribution in [-0.2, 0) is 4.79 Å². The molecule has 1 heterocycles. The van der Waals surface area contributed by atoms with Crippen LogP contribution in [0.25, 0.3) is 0 Å². The number of nitrogens with one attached hydrogen (secondary N) is 2. The molecular formula is C18H27N3O3. The van der Waals surface area contributed by atoms with Crippen LogP contribution in [0.5, 0.6) is 5.75 Å². The summed E-state index contributed by atoms with van der Waals surface area (Å²) in [5.74, 6) is 0.525. The SMILES string of the molecule is CCOc1ccccc1NC(=O)N1CCC[C@H]1C(=O)NC(C)(C)C. The van der Waals surface area contributed by atoms with E-state index in [1.807, 2.05) is 45.9 Å². The number of carbonyl (C=O) groups is 2. The molecule has 6 heteroatoms. The third-order valence-corrected chi connectivity index (χ3v) is 3.74. The highest BCUT2D eigenvalue weighted by molar-refractivity contribution is 5.95. The van der Waals surface area contributed by atoms with Crippen LogP contribution in [0, 0.1) is 0 Å². The average molecular weight is 333 g/mol. The molecule has 1 aliphatic rings. The molecular weight excluding hydrogens is 306 g/mol. The van der Waals surface area contributed by atoms with E-state index < -0.39 is 6.04 Å². The van der Waals surface area contributed by atoms with Gasteiger partial charge in [-0.15, -0.1) is 0 Å². The van der Waals surface area contributed by atoms with Crippen molar-refractivity contribution in [2.24, 2.45) is 0 Å². The number of hydrogen-bond acceptors (Lipinski definition) is 3. The number of carbonyl (C=O) groups excluding carboxylic acids is 2. The van der Waals surface area contributed by atoms with Crippen LogP contribution < -0.4 is 15.4 Å². The van der Waals surface area contributed by atoms with Gasteiger partial charge in [0.1, 0.15) is 11.8 Å². The van der Waals surface area contributed by atoms with Gasteiger partial charge >= 0.3 is 6.03 Å². The molecule has 1 saturated heterocycles. The molecule has 132 valence electrons. The molecule has 0 bridgehead atoms. The van der Waals surface area contributed by atoms with Crippen LogP contribution in [0.15, 0.2) is 24.3 Å². The lowest BCUT2D eigenvalue weighted by Crippen LogP contribution is -2.52. The third-order valence-electron chi connectivity index (χ3n) is 3.74. The average Bonchev–Trinajstić information content (AvgIpc) is 2.97. The molecule has 1 aromatic rings. The first kappa shape index (κ1) is 18.1. The largest absolute Gasteiger partial charge is 0.492 e. The Hall–Kier alpha value is -2.24. The lowest BCUT2D eigenvalue weighted by molar-refractivity contribution is -0.126. The van der Waals surface area contributed by atoms with E-state index in [-0.39, 0.29) is 17.5 Å². The van der Waals surface area contributed by atoms with Gasteiger partial charge in [-0.2, -0.15) is 0 Å². The van der Waals surface area contributed by atoms with Crippen LogP contribution in [0.3, 0.4) is 0 Å². The Labute approximate surface area is 143 Å². The standard InChI is InChI=1S/C18H27N3O3/c1-5-24-15-11-7-6-9-13(15)19-17(23)21-12-8-10-14(21)16(22)20-18(2,3)4/h6-7,9,11,14H,5,8,10,12H2,1-4H3,(H,19,23)(H,20,22)/t14-/m0/s1. The number of likely N-dealkylation sites (tertiary alicyclic amines) is 1. The second kappa shape index (κ2) is 7.55. The number of para-hydroxylation sites is 2. The van der Waals surface area contributed by atoms with E-state index >= 15 is 0 Å². The van der Waals surface area contributed by atoms with Gasteiger partial charge in [0, 0.05) is 12.1 Å². The topological polar surface area (TPSA) is 70.7 Å². The first-order valence-corrected chi connectivity index (χ1v) is 8.43. The van der Waals surface area contributed by atoms with E-state index in [2.05, 4.69) is 10.6 Å². The minimum atomic E-state index is -0.427. The van der Waals surface area contributed by atoms with Gasteiger partial charge in [-0.3, -0.25) is 4.79 Å². The van der Waals surface area contributed by atoms with E-state index in [4.69, 9.17) is 4.74 Å². The fourth-order valence-corrected chi connectivity index (χ4v) is 2.77. The van der Waals surface area contributed by atoms with Crippen LogP contribution >= 0.6 is 0 Å². The zero-order valence-corrected chi connectivity index (χ0v) is 14.9. The van der Waals surface area contributed by atoms with E-state index in [9.17, 15) is 9.59 Å². The van der Waals surface area contributed by atoms with Crippen molar-refractivity contribution >= 4 is 17.6 Å². The Morgan fingerprint density at radius 2 is 2.00 bits per heavy atom. The van der Waals surface area contributed by atoms with Crippen LogP contribution in [0.1, 0.15) is 40.5 Å². The van der Waals surface area contributed by atoms with Crippen LogP contribution in [0.4, 0.5) is 10.5 Å². The molecule has 0 aromatic heterocycles. The summed E-state index contributed by atoms with van der Waals surface area (Å²) in [4.78, 5) is 26.7. The highest BCUT2D eigenvalue weighted by atomic mass is 16.5. The van der Waals surface area contributed by atoms with Gasteiger partial charge in [-0.25, -0.2) is 4.79 Å². The molecule has 6 nitrogen and oxygen atoms in total. The minimum Gasteiger partial charge on any atom is -0.492 e. The highest BCUT2D eigenvalue weighted by Crippen LogP contribution is 2.26.